The van der Waals surface area contributed by atoms with Gasteiger partial charge in [0.2, 0.25) is 0 Å². The molecule has 2 aliphatic carbocycles. The first-order chi connectivity index (χ1) is 11.3. The van der Waals surface area contributed by atoms with Crippen molar-refractivity contribution in [3.05, 3.63) is 36.0 Å². The number of carbonyl (C=O) groups excluding carboxylic acids is 2. The van der Waals surface area contributed by atoms with Gasteiger partial charge >= 0.3 is 0 Å². The van der Waals surface area contributed by atoms with Crippen molar-refractivity contribution in [3.63, 3.8) is 0 Å². The maximum Gasteiger partial charge on any atom is 0.292 e. The highest BCUT2D eigenvalue weighted by Crippen LogP contribution is 2.62. The summed E-state index contributed by atoms with van der Waals surface area (Å²) in [7, 11) is 0. The van der Waals surface area contributed by atoms with Crippen LogP contribution in [0.25, 0.3) is 10.9 Å². The highest BCUT2D eigenvalue weighted by atomic mass is 16.2. The normalized spacial score (nSPS) is 30.6. The summed E-state index contributed by atoms with van der Waals surface area (Å²) in [5.41, 5.74) is 1.49. The van der Waals surface area contributed by atoms with Gasteiger partial charge in [-0.2, -0.15) is 0 Å². The molecule has 1 aromatic heterocycles. The monoisotopic (exact) mass is 324 g/mol. The third-order valence-electron chi connectivity index (χ3n) is 6.59. The number of ketones is 1. The van der Waals surface area contributed by atoms with Gasteiger partial charge in [0, 0.05) is 23.1 Å². The molecule has 0 aliphatic heterocycles. The van der Waals surface area contributed by atoms with Crippen LogP contribution in [0.4, 0.5) is 0 Å². The Hall–Kier alpha value is -2.10. The van der Waals surface area contributed by atoms with Crippen molar-refractivity contribution in [2.75, 3.05) is 0 Å². The molecule has 2 N–H and O–H groups in total. The molecule has 2 fully saturated rings. The molecule has 2 aromatic rings. The van der Waals surface area contributed by atoms with Crippen LogP contribution < -0.4 is 5.32 Å². The highest BCUT2D eigenvalue weighted by molar-refractivity contribution is 6.45. The lowest BCUT2D eigenvalue weighted by atomic mass is 9.68. The first-order valence-electron chi connectivity index (χ1n) is 8.74. The van der Waals surface area contributed by atoms with Crippen LogP contribution >= 0.6 is 0 Å². The number of para-hydroxylation sites is 1. The maximum atomic E-state index is 12.7. The van der Waals surface area contributed by atoms with E-state index in [1.54, 1.807) is 6.20 Å². The van der Waals surface area contributed by atoms with Crippen LogP contribution in [0, 0.1) is 16.7 Å². The summed E-state index contributed by atoms with van der Waals surface area (Å²) < 4.78 is 0. The van der Waals surface area contributed by atoms with Gasteiger partial charge in [-0.1, -0.05) is 39.0 Å². The van der Waals surface area contributed by atoms with E-state index in [-0.39, 0.29) is 16.9 Å². The first-order valence-corrected chi connectivity index (χ1v) is 8.74. The predicted molar refractivity (Wildman–Crippen MR) is 93.8 cm³/mol. The fourth-order valence-electron chi connectivity index (χ4n) is 5.24. The second kappa shape index (κ2) is 4.95. The predicted octanol–water partition coefficient (Wildman–Crippen LogP) is 3.68. The summed E-state index contributed by atoms with van der Waals surface area (Å²) in [4.78, 5) is 28.4. The van der Waals surface area contributed by atoms with Gasteiger partial charge in [-0.15, -0.1) is 0 Å². The van der Waals surface area contributed by atoms with E-state index in [1.807, 2.05) is 24.3 Å². The molecule has 4 rings (SSSR count). The molecule has 2 bridgehead atoms. The van der Waals surface area contributed by atoms with Crippen molar-refractivity contribution < 1.29 is 9.59 Å². The minimum atomic E-state index is -0.480. The number of hydrogen-bond acceptors (Lipinski definition) is 2. The number of carbonyl (C=O) groups is 2. The second-order valence-corrected chi connectivity index (χ2v) is 8.40. The molecule has 0 radical (unpaired) electrons. The Morgan fingerprint density at radius 2 is 1.96 bits per heavy atom. The molecular formula is C20H24N2O2. The summed E-state index contributed by atoms with van der Waals surface area (Å²) in [5, 5.41) is 3.89. The highest BCUT2D eigenvalue weighted by Gasteiger charge is 2.59. The van der Waals surface area contributed by atoms with Gasteiger partial charge in [-0.3, -0.25) is 9.59 Å². The zero-order valence-corrected chi connectivity index (χ0v) is 14.5. The Balaban J connectivity index is 1.59. The number of nitrogens with one attached hydrogen (secondary N) is 2. The van der Waals surface area contributed by atoms with Crippen molar-refractivity contribution >= 4 is 22.6 Å². The summed E-state index contributed by atoms with van der Waals surface area (Å²) in [6.45, 7) is 6.70. The number of amides is 1. The number of fused-ring (bicyclic) bond motifs is 3. The minimum absolute atomic E-state index is 0.0448. The van der Waals surface area contributed by atoms with E-state index in [0.717, 1.165) is 23.7 Å². The molecule has 0 saturated heterocycles. The smallest absolute Gasteiger partial charge is 0.292 e. The lowest BCUT2D eigenvalue weighted by molar-refractivity contribution is -0.119. The third-order valence-corrected chi connectivity index (χ3v) is 6.59. The van der Waals surface area contributed by atoms with E-state index in [1.165, 1.54) is 6.42 Å². The third kappa shape index (κ3) is 2.05. The van der Waals surface area contributed by atoms with E-state index < -0.39 is 11.7 Å². The van der Waals surface area contributed by atoms with Crippen LogP contribution in [0.5, 0.6) is 0 Å². The molecular weight excluding hydrogens is 300 g/mol. The lowest BCUT2D eigenvalue weighted by Gasteiger charge is -2.42. The number of aromatic amines is 1. The number of rotatable bonds is 3. The van der Waals surface area contributed by atoms with Crippen LogP contribution in [0.1, 0.15) is 50.4 Å². The quantitative estimate of drug-likeness (QED) is 0.668. The average molecular weight is 324 g/mol. The summed E-state index contributed by atoms with van der Waals surface area (Å²) in [5.74, 6) is -0.294. The molecule has 1 heterocycles. The van der Waals surface area contributed by atoms with Gasteiger partial charge in [-0.05, 0) is 42.1 Å². The van der Waals surface area contributed by atoms with Gasteiger partial charge in [0.15, 0.2) is 0 Å². The maximum absolute atomic E-state index is 12.7. The first kappa shape index (κ1) is 15.4. The molecule has 2 aliphatic rings. The molecule has 2 saturated carbocycles. The fourth-order valence-corrected chi connectivity index (χ4v) is 5.24. The number of H-pyrrole nitrogens is 1. The van der Waals surface area contributed by atoms with Crippen LogP contribution in [0.15, 0.2) is 30.5 Å². The molecule has 0 unspecified atom stereocenters. The topological polar surface area (TPSA) is 62.0 Å². The van der Waals surface area contributed by atoms with Gasteiger partial charge in [0.25, 0.3) is 11.7 Å². The minimum Gasteiger partial charge on any atom is -0.360 e. The van der Waals surface area contributed by atoms with Crippen molar-refractivity contribution in [1.29, 1.82) is 0 Å². The van der Waals surface area contributed by atoms with Crippen molar-refractivity contribution in [2.45, 2.75) is 46.1 Å². The zero-order chi connectivity index (χ0) is 17.1. The Kier molecular flexibility index (Phi) is 3.18. The van der Waals surface area contributed by atoms with E-state index in [9.17, 15) is 9.59 Å². The van der Waals surface area contributed by atoms with Crippen LogP contribution in [-0.4, -0.2) is 22.7 Å². The molecule has 24 heavy (non-hydrogen) atoms. The van der Waals surface area contributed by atoms with Crippen LogP contribution in [0.3, 0.4) is 0 Å². The Morgan fingerprint density at radius 3 is 2.67 bits per heavy atom. The van der Waals surface area contributed by atoms with E-state index in [0.29, 0.717) is 11.5 Å². The van der Waals surface area contributed by atoms with Crippen LogP contribution in [-0.2, 0) is 4.79 Å². The van der Waals surface area contributed by atoms with Crippen molar-refractivity contribution in [1.82, 2.24) is 10.3 Å². The number of benzene rings is 1. The Morgan fingerprint density at radius 1 is 1.21 bits per heavy atom. The van der Waals surface area contributed by atoms with E-state index in [2.05, 4.69) is 31.1 Å². The van der Waals surface area contributed by atoms with Gasteiger partial charge < -0.3 is 10.3 Å². The molecule has 126 valence electrons. The zero-order valence-electron chi connectivity index (χ0n) is 14.5. The molecule has 0 spiro atoms. The summed E-state index contributed by atoms with van der Waals surface area (Å²) in [6.07, 6.45) is 5.14. The number of aromatic nitrogens is 1. The molecule has 1 amide bonds. The Labute approximate surface area is 142 Å². The number of Topliss-reactive ketones (excluding diaryl/α,β-unsaturated/α-hetero) is 1. The van der Waals surface area contributed by atoms with Gasteiger partial charge in [0.1, 0.15) is 0 Å². The van der Waals surface area contributed by atoms with Crippen molar-refractivity contribution in [2.24, 2.45) is 16.7 Å². The lowest BCUT2D eigenvalue weighted by Crippen LogP contribution is -2.53. The number of hydrogen-bond donors (Lipinski definition) is 2. The summed E-state index contributed by atoms with van der Waals surface area (Å²) in [6, 6.07) is 7.63. The van der Waals surface area contributed by atoms with Gasteiger partial charge in [0.05, 0.1) is 5.56 Å². The molecule has 4 heteroatoms. The molecule has 3 atom stereocenters. The second-order valence-electron chi connectivity index (χ2n) is 8.40. The molecule has 4 nitrogen and oxygen atoms in total. The van der Waals surface area contributed by atoms with E-state index in [4.69, 9.17) is 0 Å². The average Bonchev–Trinajstić information content (AvgIpc) is 3.19. The SMILES string of the molecule is CC1(C)[C@@H]2CC[C@@](C)(C2)[C@@H]1NC(=O)C(=O)c1c[nH]c2ccccc12. The van der Waals surface area contributed by atoms with Crippen LogP contribution in [0.2, 0.25) is 0 Å². The van der Waals surface area contributed by atoms with Gasteiger partial charge in [-0.25, -0.2) is 0 Å². The summed E-state index contributed by atoms with van der Waals surface area (Å²) >= 11 is 0. The molecule has 1 aromatic carbocycles. The standard InChI is InChI=1S/C20H24N2O2/c1-19(2)12-8-9-20(3,10-12)18(19)22-17(24)16(23)14-11-21-15-7-5-4-6-13(14)15/h4-7,11-12,18,21H,8-10H2,1-3H3,(H,22,24)/t12-,18-,20+/m1/s1. The largest absolute Gasteiger partial charge is 0.360 e. The Bertz CT molecular complexity index is 830. The van der Waals surface area contributed by atoms with E-state index >= 15 is 0 Å². The van der Waals surface area contributed by atoms with Crippen molar-refractivity contribution in [3.8, 4) is 0 Å². The fraction of sp³-hybridized carbons (Fsp3) is 0.500.